The number of carbonyl (C=O) groups is 2. The minimum Gasteiger partial charge on any atom is -0.330 e. The summed E-state index contributed by atoms with van der Waals surface area (Å²) in [5.74, 6) is 2.95. The number of hydrogen-bond acceptors (Lipinski definition) is 8. The molecule has 0 aromatic heterocycles. The van der Waals surface area contributed by atoms with Crippen molar-refractivity contribution in [2.45, 2.75) is 12.8 Å². The summed E-state index contributed by atoms with van der Waals surface area (Å²) in [5.41, 5.74) is 10.7. The highest BCUT2D eigenvalue weighted by molar-refractivity contribution is 8.77. The first-order valence-corrected chi connectivity index (χ1v) is 11.3. The third-order valence-electron chi connectivity index (χ3n) is 2.12. The fourth-order valence-corrected chi connectivity index (χ4v) is 4.74. The van der Waals surface area contributed by atoms with E-state index in [9.17, 15) is 9.59 Å². The van der Waals surface area contributed by atoms with Crippen LogP contribution >= 0.6 is 43.2 Å². The molecule has 0 fully saturated rings. The van der Waals surface area contributed by atoms with Gasteiger partial charge < -0.3 is 11.5 Å². The van der Waals surface area contributed by atoms with E-state index >= 15 is 0 Å². The summed E-state index contributed by atoms with van der Waals surface area (Å²) < 4.78 is 0. The topological polar surface area (TPSA) is 89.4 Å². The van der Waals surface area contributed by atoms with Crippen LogP contribution in [0.25, 0.3) is 0 Å². The highest BCUT2D eigenvalue weighted by Gasteiger charge is 2.15. The lowest BCUT2D eigenvalue weighted by Crippen LogP contribution is -2.33. The van der Waals surface area contributed by atoms with Gasteiger partial charge in [0.05, 0.1) is 0 Å². The van der Waals surface area contributed by atoms with Gasteiger partial charge in [-0.2, -0.15) is 0 Å². The predicted octanol–water partition coefficient (Wildman–Crippen LogP) is 1.43. The zero-order valence-electron chi connectivity index (χ0n) is 11.7. The number of nitrogens with two attached hydrogens (primary N) is 2. The van der Waals surface area contributed by atoms with Gasteiger partial charge in [0.1, 0.15) is 0 Å². The summed E-state index contributed by atoms with van der Waals surface area (Å²) in [6.45, 7) is 1.29. The number of imide groups is 1. The third kappa shape index (κ3) is 11.2. The Morgan fingerprint density at radius 2 is 1.15 bits per heavy atom. The summed E-state index contributed by atoms with van der Waals surface area (Å²) >= 11 is 0. The number of carbonyl (C=O) groups excluding carboxylic acids is 2. The highest BCUT2D eigenvalue weighted by atomic mass is 33.1. The highest BCUT2D eigenvalue weighted by Crippen LogP contribution is 2.22. The van der Waals surface area contributed by atoms with Crippen LogP contribution in [0.5, 0.6) is 0 Å². The van der Waals surface area contributed by atoms with Crippen molar-refractivity contribution in [3.8, 4) is 0 Å². The SMILES string of the molecule is CN(C(=O)CCSSCCN)C(=O)CCSSCCN. The molecule has 5 nitrogen and oxygen atoms in total. The van der Waals surface area contributed by atoms with Crippen LogP contribution in [0.15, 0.2) is 0 Å². The quantitative estimate of drug-likeness (QED) is 0.400. The zero-order valence-corrected chi connectivity index (χ0v) is 15.0. The van der Waals surface area contributed by atoms with Crippen LogP contribution in [0, 0.1) is 0 Å². The molecule has 0 unspecified atom stereocenters. The van der Waals surface area contributed by atoms with E-state index in [1.54, 1.807) is 50.2 Å². The van der Waals surface area contributed by atoms with Crippen molar-refractivity contribution in [2.75, 3.05) is 43.1 Å². The molecule has 0 saturated heterocycles. The number of nitrogens with zero attached hydrogens (tertiary/aromatic N) is 1. The number of amides is 2. The van der Waals surface area contributed by atoms with Crippen LogP contribution < -0.4 is 11.5 Å². The van der Waals surface area contributed by atoms with E-state index in [0.717, 1.165) is 11.5 Å². The summed E-state index contributed by atoms with van der Waals surface area (Å²) in [7, 11) is 8.11. The first-order chi connectivity index (χ1) is 9.63. The first kappa shape index (κ1) is 20.5. The van der Waals surface area contributed by atoms with Crippen LogP contribution in [0.4, 0.5) is 0 Å². The molecule has 0 aliphatic carbocycles. The smallest absolute Gasteiger partial charge is 0.229 e. The van der Waals surface area contributed by atoms with E-state index in [-0.39, 0.29) is 11.8 Å². The molecule has 0 aromatic rings. The standard InChI is InChI=1S/C11H23N3O2S4/c1-14(10(15)2-6-17-19-8-4-12)11(16)3-7-18-20-9-5-13/h2-9,12-13H2,1H3. The normalized spacial score (nSPS) is 10.6. The van der Waals surface area contributed by atoms with Crippen molar-refractivity contribution < 1.29 is 9.59 Å². The van der Waals surface area contributed by atoms with Crippen LogP contribution in [0.1, 0.15) is 12.8 Å². The molecule has 2 amide bonds. The van der Waals surface area contributed by atoms with Gasteiger partial charge in [0, 0.05) is 56.0 Å². The van der Waals surface area contributed by atoms with Crippen molar-refractivity contribution in [3.63, 3.8) is 0 Å². The Morgan fingerprint density at radius 1 is 0.800 bits per heavy atom. The molecule has 118 valence electrons. The van der Waals surface area contributed by atoms with Crippen LogP contribution in [0.3, 0.4) is 0 Å². The summed E-state index contributed by atoms with van der Waals surface area (Å²) in [4.78, 5) is 24.8. The summed E-state index contributed by atoms with van der Waals surface area (Å²) in [5, 5.41) is 0. The van der Waals surface area contributed by atoms with Gasteiger partial charge in [-0.3, -0.25) is 14.5 Å². The van der Waals surface area contributed by atoms with Crippen molar-refractivity contribution in [1.29, 1.82) is 0 Å². The molecule has 0 atom stereocenters. The average Bonchev–Trinajstić information content (AvgIpc) is 2.45. The molecule has 0 radical (unpaired) electrons. The maximum atomic E-state index is 11.8. The predicted molar refractivity (Wildman–Crippen MR) is 95.0 cm³/mol. The van der Waals surface area contributed by atoms with E-state index in [1.807, 2.05) is 0 Å². The van der Waals surface area contributed by atoms with Crippen LogP contribution in [-0.2, 0) is 9.59 Å². The first-order valence-electron chi connectivity index (χ1n) is 6.31. The van der Waals surface area contributed by atoms with Gasteiger partial charge in [0.25, 0.3) is 0 Å². The van der Waals surface area contributed by atoms with Crippen LogP contribution in [-0.4, -0.2) is 59.9 Å². The molecule has 0 aliphatic rings. The van der Waals surface area contributed by atoms with Gasteiger partial charge in [0.2, 0.25) is 11.8 Å². The molecule has 0 rings (SSSR count). The van der Waals surface area contributed by atoms with Gasteiger partial charge in [-0.25, -0.2) is 0 Å². The second-order valence-corrected chi connectivity index (χ2v) is 9.12. The fraction of sp³-hybridized carbons (Fsp3) is 0.818. The summed E-state index contributed by atoms with van der Waals surface area (Å²) in [6.07, 6.45) is 0.777. The maximum absolute atomic E-state index is 11.8. The molecule has 20 heavy (non-hydrogen) atoms. The van der Waals surface area contributed by atoms with Crippen molar-refractivity contribution in [3.05, 3.63) is 0 Å². The Labute approximate surface area is 136 Å². The van der Waals surface area contributed by atoms with Crippen molar-refractivity contribution in [2.24, 2.45) is 11.5 Å². The number of rotatable bonds is 12. The molecule has 0 saturated carbocycles. The van der Waals surface area contributed by atoms with E-state index in [2.05, 4.69) is 0 Å². The lowest BCUT2D eigenvalue weighted by atomic mass is 10.3. The molecule has 0 bridgehead atoms. The van der Waals surface area contributed by atoms with Crippen LogP contribution in [0.2, 0.25) is 0 Å². The molecule has 0 aromatic carbocycles. The molecule has 4 N–H and O–H groups in total. The summed E-state index contributed by atoms with van der Waals surface area (Å²) in [6, 6.07) is 0. The van der Waals surface area contributed by atoms with E-state index in [4.69, 9.17) is 11.5 Å². The molecular formula is C11H23N3O2S4. The maximum Gasteiger partial charge on any atom is 0.229 e. The Balaban J connectivity index is 3.67. The second kappa shape index (κ2) is 14.4. The van der Waals surface area contributed by atoms with Gasteiger partial charge in [-0.1, -0.05) is 43.2 Å². The van der Waals surface area contributed by atoms with E-state index in [0.29, 0.717) is 37.4 Å². The minimum atomic E-state index is -0.115. The van der Waals surface area contributed by atoms with E-state index < -0.39 is 0 Å². The average molecular weight is 358 g/mol. The minimum absolute atomic E-state index is 0.115. The number of hydrogen-bond donors (Lipinski definition) is 2. The Kier molecular flexibility index (Phi) is 14.7. The lowest BCUT2D eigenvalue weighted by molar-refractivity contribution is -0.142. The molecule has 0 spiro atoms. The lowest BCUT2D eigenvalue weighted by Gasteiger charge is -2.14. The third-order valence-corrected chi connectivity index (χ3v) is 7.00. The molecule has 0 aliphatic heterocycles. The Bertz CT molecular complexity index is 256. The van der Waals surface area contributed by atoms with E-state index in [1.165, 1.54) is 4.90 Å². The van der Waals surface area contributed by atoms with Crippen molar-refractivity contribution in [1.82, 2.24) is 4.90 Å². The molecule has 0 heterocycles. The van der Waals surface area contributed by atoms with Gasteiger partial charge in [0.15, 0.2) is 0 Å². The van der Waals surface area contributed by atoms with Crippen molar-refractivity contribution >= 4 is 55.0 Å². The fourth-order valence-electron chi connectivity index (χ4n) is 1.06. The van der Waals surface area contributed by atoms with Gasteiger partial charge in [-0.15, -0.1) is 0 Å². The largest absolute Gasteiger partial charge is 0.330 e. The monoisotopic (exact) mass is 357 g/mol. The van der Waals surface area contributed by atoms with Gasteiger partial charge >= 0.3 is 0 Å². The second-order valence-electron chi connectivity index (χ2n) is 3.71. The Morgan fingerprint density at radius 3 is 1.50 bits per heavy atom. The molecule has 9 heteroatoms. The van der Waals surface area contributed by atoms with Gasteiger partial charge in [-0.05, 0) is 0 Å². The zero-order chi connectivity index (χ0) is 15.2. The Hall–Kier alpha value is 0.460. The molecular weight excluding hydrogens is 334 g/mol.